The van der Waals surface area contributed by atoms with E-state index < -0.39 is 0 Å². The van der Waals surface area contributed by atoms with Gasteiger partial charge in [-0.1, -0.05) is 43.1 Å². The van der Waals surface area contributed by atoms with E-state index in [1.807, 2.05) is 26.8 Å². The van der Waals surface area contributed by atoms with Gasteiger partial charge in [0.15, 0.2) is 0 Å². The normalized spacial score (nSPS) is 12.6. The lowest BCUT2D eigenvalue weighted by atomic mass is 10.1. The van der Waals surface area contributed by atoms with Crippen LogP contribution in [0.15, 0.2) is 18.2 Å². The van der Waals surface area contributed by atoms with Crippen LogP contribution < -0.4 is 5.32 Å². The maximum atomic E-state index is 12.0. The number of hydrogen-bond acceptors (Lipinski definition) is 2. The fourth-order valence-corrected chi connectivity index (χ4v) is 2.25. The van der Waals surface area contributed by atoms with Gasteiger partial charge in [0.05, 0.1) is 12.6 Å². The van der Waals surface area contributed by atoms with Gasteiger partial charge < -0.3 is 10.2 Å². The van der Waals surface area contributed by atoms with Crippen LogP contribution in [0.1, 0.15) is 32.4 Å². The number of likely N-dealkylation sites (N-methyl/N-ethyl adjacent to an activating group) is 1. The van der Waals surface area contributed by atoms with E-state index in [9.17, 15) is 4.79 Å². The van der Waals surface area contributed by atoms with E-state index in [1.54, 1.807) is 24.1 Å². The van der Waals surface area contributed by atoms with Gasteiger partial charge in [-0.25, -0.2) is 0 Å². The summed E-state index contributed by atoms with van der Waals surface area (Å²) in [7, 11) is 1.78. The summed E-state index contributed by atoms with van der Waals surface area (Å²) >= 11 is 12.0. The molecule has 5 heteroatoms. The monoisotopic (exact) mass is 302 g/mol. The van der Waals surface area contributed by atoms with Crippen molar-refractivity contribution < 1.29 is 4.79 Å². The fraction of sp³-hybridized carbons (Fsp3) is 0.500. The third kappa shape index (κ3) is 4.68. The second-order valence-corrected chi connectivity index (χ2v) is 5.73. The van der Waals surface area contributed by atoms with Crippen molar-refractivity contribution in [3.05, 3.63) is 33.8 Å². The Morgan fingerprint density at radius 1 is 1.32 bits per heavy atom. The van der Waals surface area contributed by atoms with E-state index in [4.69, 9.17) is 23.2 Å². The molecule has 3 nitrogen and oxygen atoms in total. The van der Waals surface area contributed by atoms with Crippen LogP contribution in [0, 0.1) is 0 Å². The van der Waals surface area contributed by atoms with E-state index in [0.29, 0.717) is 16.6 Å². The molecule has 1 N–H and O–H groups in total. The van der Waals surface area contributed by atoms with E-state index in [2.05, 4.69) is 5.32 Å². The SMILES string of the molecule is CC(C)NCC(=O)N(C)C(C)c1ccc(Cl)cc1Cl. The lowest BCUT2D eigenvalue weighted by Crippen LogP contribution is -2.39. The van der Waals surface area contributed by atoms with Crippen molar-refractivity contribution >= 4 is 29.1 Å². The maximum Gasteiger partial charge on any atom is 0.236 e. The van der Waals surface area contributed by atoms with Crippen LogP contribution >= 0.6 is 23.2 Å². The zero-order chi connectivity index (χ0) is 14.6. The molecule has 0 heterocycles. The number of hydrogen-bond donors (Lipinski definition) is 1. The van der Waals surface area contributed by atoms with Crippen molar-refractivity contribution in [3.63, 3.8) is 0 Å². The Kier molecular flexibility index (Phi) is 6.11. The van der Waals surface area contributed by atoms with Crippen molar-refractivity contribution in [2.45, 2.75) is 32.9 Å². The second-order valence-electron chi connectivity index (χ2n) is 4.88. The molecule has 106 valence electrons. The number of amides is 1. The Bertz CT molecular complexity index is 449. The summed E-state index contributed by atoms with van der Waals surface area (Å²) in [5, 5.41) is 4.28. The van der Waals surface area contributed by atoms with E-state index in [0.717, 1.165) is 5.56 Å². The van der Waals surface area contributed by atoms with Crippen LogP contribution in [0.2, 0.25) is 10.0 Å². The summed E-state index contributed by atoms with van der Waals surface area (Å²) in [5.41, 5.74) is 0.895. The second kappa shape index (κ2) is 7.13. The first-order chi connectivity index (χ1) is 8.82. The van der Waals surface area contributed by atoms with Gasteiger partial charge in [-0.2, -0.15) is 0 Å². The number of carbonyl (C=O) groups excluding carboxylic acids is 1. The molecule has 0 fully saturated rings. The third-order valence-electron chi connectivity index (χ3n) is 3.05. The molecule has 1 aromatic rings. The average molecular weight is 303 g/mol. The first-order valence-corrected chi connectivity index (χ1v) is 7.02. The first-order valence-electron chi connectivity index (χ1n) is 6.27. The summed E-state index contributed by atoms with van der Waals surface area (Å²) in [6.07, 6.45) is 0. The van der Waals surface area contributed by atoms with Gasteiger partial charge in [0.25, 0.3) is 0 Å². The summed E-state index contributed by atoms with van der Waals surface area (Å²) < 4.78 is 0. The molecular formula is C14H20Cl2N2O. The molecule has 0 radical (unpaired) electrons. The first kappa shape index (κ1) is 16.3. The fourth-order valence-electron chi connectivity index (χ4n) is 1.68. The van der Waals surface area contributed by atoms with Crippen LogP contribution in [-0.4, -0.2) is 30.4 Å². The molecule has 1 rings (SSSR count). The molecule has 0 aliphatic carbocycles. The highest BCUT2D eigenvalue weighted by Crippen LogP contribution is 2.28. The Morgan fingerprint density at radius 2 is 1.95 bits per heavy atom. The molecule has 0 spiro atoms. The van der Waals surface area contributed by atoms with Gasteiger partial charge in [0.2, 0.25) is 5.91 Å². The number of halogens is 2. The van der Waals surface area contributed by atoms with E-state index in [-0.39, 0.29) is 18.0 Å². The highest BCUT2D eigenvalue weighted by Gasteiger charge is 2.19. The van der Waals surface area contributed by atoms with E-state index in [1.165, 1.54) is 0 Å². The predicted octanol–water partition coefficient (Wildman–Crippen LogP) is 3.51. The Balaban J connectivity index is 2.75. The van der Waals surface area contributed by atoms with Crippen molar-refractivity contribution in [2.75, 3.05) is 13.6 Å². The smallest absolute Gasteiger partial charge is 0.236 e. The molecule has 0 saturated carbocycles. The van der Waals surface area contributed by atoms with Crippen LogP contribution in [0.5, 0.6) is 0 Å². The van der Waals surface area contributed by atoms with Gasteiger partial charge >= 0.3 is 0 Å². The van der Waals surface area contributed by atoms with E-state index >= 15 is 0 Å². The van der Waals surface area contributed by atoms with Crippen molar-refractivity contribution in [2.24, 2.45) is 0 Å². The number of benzene rings is 1. The van der Waals surface area contributed by atoms with Gasteiger partial charge in [0, 0.05) is 23.1 Å². The molecule has 1 amide bonds. The Hall–Kier alpha value is -0.770. The molecule has 0 aliphatic heterocycles. The summed E-state index contributed by atoms with van der Waals surface area (Å²) in [4.78, 5) is 13.7. The van der Waals surface area contributed by atoms with Gasteiger partial charge in [-0.3, -0.25) is 4.79 Å². The van der Waals surface area contributed by atoms with Crippen molar-refractivity contribution in [1.29, 1.82) is 0 Å². The van der Waals surface area contributed by atoms with Crippen LogP contribution in [-0.2, 0) is 4.79 Å². The molecule has 1 aromatic carbocycles. The topological polar surface area (TPSA) is 32.3 Å². The summed E-state index contributed by atoms with van der Waals surface area (Å²) in [6.45, 7) is 6.28. The van der Waals surface area contributed by atoms with Gasteiger partial charge in [-0.05, 0) is 24.6 Å². The quantitative estimate of drug-likeness (QED) is 0.903. The molecular weight excluding hydrogens is 283 g/mol. The van der Waals surface area contributed by atoms with Crippen molar-refractivity contribution in [1.82, 2.24) is 10.2 Å². The van der Waals surface area contributed by atoms with Crippen LogP contribution in [0.4, 0.5) is 0 Å². The molecule has 1 unspecified atom stereocenters. The van der Waals surface area contributed by atoms with Crippen LogP contribution in [0.3, 0.4) is 0 Å². The molecule has 1 atom stereocenters. The largest absolute Gasteiger partial charge is 0.338 e. The molecule has 19 heavy (non-hydrogen) atoms. The molecule has 0 aliphatic rings. The molecule has 0 bridgehead atoms. The van der Waals surface area contributed by atoms with Crippen molar-refractivity contribution in [3.8, 4) is 0 Å². The van der Waals surface area contributed by atoms with Gasteiger partial charge in [-0.15, -0.1) is 0 Å². The van der Waals surface area contributed by atoms with Crippen LogP contribution in [0.25, 0.3) is 0 Å². The number of rotatable bonds is 5. The molecule has 0 saturated heterocycles. The highest BCUT2D eigenvalue weighted by atomic mass is 35.5. The summed E-state index contributed by atoms with van der Waals surface area (Å²) in [6, 6.07) is 5.52. The highest BCUT2D eigenvalue weighted by molar-refractivity contribution is 6.35. The third-order valence-corrected chi connectivity index (χ3v) is 3.61. The number of nitrogens with zero attached hydrogens (tertiary/aromatic N) is 1. The Labute approximate surface area is 124 Å². The van der Waals surface area contributed by atoms with Gasteiger partial charge in [0.1, 0.15) is 0 Å². The number of carbonyl (C=O) groups is 1. The maximum absolute atomic E-state index is 12.0. The zero-order valence-corrected chi connectivity index (χ0v) is 13.2. The lowest BCUT2D eigenvalue weighted by molar-refractivity contribution is -0.130. The standard InChI is InChI=1S/C14H20Cl2N2O/c1-9(2)17-8-14(19)18(4)10(3)12-6-5-11(15)7-13(12)16/h5-7,9-10,17H,8H2,1-4H3. The lowest BCUT2D eigenvalue weighted by Gasteiger charge is -2.26. The Morgan fingerprint density at radius 3 is 2.47 bits per heavy atom. The predicted molar refractivity (Wildman–Crippen MR) is 80.8 cm³/mol. The minimum absolute atomic E-state index is 0.0345. The average Bonchev–Trinajstić information content (AvgIpc) is 2.34. The molecule has 0 aromatic heterocycles. The minimum atomic E-state index is -0.0915. The zero-order valence-electron chi connectivity index (χ0n) is 11.7. The summed E-state index contributed by atoms with van der Waals surface area (Å²) in [5.74, 6) is 0.0345. The number of nitrogens with one attached hydrogen (secondary N) is 1. The minimum Gasteiger partial charge on any atom is -0.338 e.